The Hall–Kier alpha value is -1.67. The molecule has 0 fully saturated rings. The maximum atomic E-state index is 5.78. The molecule has 2 aromatic rings. The lowest BCUT2D eigenvalue weighted by molar-refractivity contribution is 1.22. The zero-order valence-corrected chi connectivity index (χ0v) is 9.65. The molecule has 0 amide bonds. The number of hydrogen-bond acceptors (Lipinski definition) is 2. The number of aryl methyl sites for hydroxylation is 1. The van der Waals surface area contributed by atoms with Crippen LogP contribution in [0.4, 0.5) is 11.4 Å². The monoisotopic (exact) mass is 230 g/mol. The van der Waals surface area contributed by atoms with Gasteiger partial charge in [0.2, 0.25) is 0 Å². The summed E-state index contributed by atoms with van der Waals surface area (Å²) in [6.07, 6.45) is 0. The SMILES string of the molecule is Cc1cccc(N=Nc2ccc(Cl)cc2)c1. The summed E-state index contributed by atoms with van der Waals surface area (Å²) in [6.45, 7) is 2.03. The highest BCUT2D eigenvalue weighted by atomic mass is 35.5. The third-order valence-corrected chi connectivity index (χ3v) is 2.36. The molecule has 0 saturated carbocycles. The first-order chi connectivity index (χ1) is 7.74. The van der Waals surface area contributed by atoms with Crippen LogP contribution in [0.15, 0.2) is 58.8 Å². The number of hydrogen-bond donors (Lipinski definition) is 0. The number of halogens is 1. The Morgan fingerprint density at radius 1 is 0.875 bits per heavy atom. The van der Waals surface area contributed by atoms with Gasteiger partial charge in [0.05, 0.1) is 11.4 Å². The first-order valence-electron chi connectivity index (χ1n) is 4.98. The molecule has 2 nitrogen and oxygen atoms in total. The lowest BCUT2D eigenvalue weighted by atomic mass is 10.2. The Kier molecular flexibility index (Phi) is 3.32. The fourth-order valence-electron chi connectivity index (χ4n) is 1.31. The van der Waals surface area contributed by atoms with Crippen molar-refractivity contribution in [3.8, 4) is 0 Å². The Balaban J connectivity index is 2.18. The average molecular weight is 231 g/mol. The van der Waals surface area contributed by atoms with E-state index in [0.717, 1.165) is 11.4 Å². The van der Waals surface area contributed by atoms with E-state index < -0.39 is 0 Å². The summed E-state index contributed by atoms with van der Waals surface area (Å²) in [5, 5.41) is 8.98. The molecular weight excluding hydrogens is 220 g/mol. The van der Waals surface area contributed by atoms with E-state index in [0.29, 0.717) is 5.02 Å². The van der Waals surface area contributed by atoms with Crippen LogP contribution in [0.5, 0.6) is 0 Å². The van der Waals surface area contributed by atoms with E-state index in [9.17, 15) is 0 Å². The third-order valence-electron chi connectivity index (χ3n) is 2.11. The van der Waals surface area contributed by atoms with Crippen molar-refractivity contribution in [2.24, 2.45) is 10.2 Å². The first kappa shape index (κ1) is 10.8. The van der Waals surface area contributed by atoms with Crippen LogP contribution < -0.4 is 0 Å². The van der Waals surface area contributed by atoms with Crippen molar-refractivity contribution in [1.29, 1.82) is 0 Å². The summed E-state index contributed by atoms with van der Waals surface area (Å²) in [7, 11) is 0. The normalized spacial score (nSPS) is 10.9. The molecule has 0 radical (unpaired) electrons. The van der Waals surface area contributed by atoms with Crippen LogP contribution in [0.2, 0.25) is 5.02 Å². The Bertz CT molecular complexity index is 504. The molecule has 0 aliphatic heterocycles. The zero-order valence-electron chi connectivity index (χ0n) is 8.89. The van der Waals surface area contributed by atoms with Gasteiger partial charge in [0.25, 0.3) is 0 Å². The Morgan fingerprint density at radius 3 is 2.25 bits per heavy atom. The molecule has 0 N–H and O–H groups in total. The molecule has 0 aromatic heterocycles. The maximum absolute atomic E-state index is 5.78. The van der Waals surface area contributed by atoms with Crippen LogP contribution in [0.25, 0.3) is 0 Å². The highest BCUT2D eigenvalue weighted by molar-refractivity contribution is 6.30. The molecular formula is C13H11ClN2. The molecule has 0 atom stereocenters. The van der Waals surface area contributed by atoms with Gasteiger partial charge >= 0.3 is 0 Å². The number of azo groups is 1. The molecule has 0 bridgehead atoms. The lowest BCUT2D eigenvalue weighted by Gasteiger charge is -1.95. The minimum absolute atomic E-state index is 0.703. The van der Waals surface area contributed by atoms with Crippen LogP contribution in [0.1, 0.15) is 5.56 Å². The number of benzene rings is 2. The second-order valence-electron chi connectivity index (χ2n) is 3.52. The molecule has 0 heterocycles. The minimum atomic E-state index is 0.703. The summed E-state index contributed by atoms with van der Waals surface area (Å²) in [4.78, 5) is 0. The number of nitrogens with zero attached hydrogens (tertiary/aromatic N) is 2. The van der Waals surface area contributed by atoms with Crippen LogP contribution in [-0.4, -0.2) is 0 Å². The molecule has 2 aromatic carbocycles. The lowest BCUT2D eigenvalue weighted by Crippen LogP contribution is -1.69. The van der Waals surface area contributed by atoms with Crippen molar-refractivity contribution in [3.63, 3.8) is 0 Å². The van der Waals surface area contributed by atoms with Gasteiger partial charge in [-0.05, 0) is 48.9 Å². The van der Waals surface area contributed by atoms with Gasteiger partial charge < -0.3 is 0 Å². The van der Waals surface area contributed by atoms with E-state index in [-0.39, 0.29) is 0 Å². The summed E-state index contributed by atoms with van der Waals surface area (Å²) in [5.41, 5.74) is 2.83. The topological polar surface area (TPSA) is 24.7 Å². The van der Waals surface area contributed by atoms with E-state index in [2.05, 4.69) is 10.2 Å². The van der Waals surface area contributed by atoms with Gasteiger partial charge in [0.15, 0.2) is 0 Å². The predicted molar refractivity (Wildman–Crippen MR) is 66.8 cm³/mol. The van der Waals surface area contributed by atoms with E-state index in [1.165, 1.54) is 5.56 Å². The van der Waals surface area contributed by atoms with Gasteiger partial charge in [0, 0.05) is 5.02 Å². The smallest absolute Gasteiger partial charge is 0.0859 e. The fourth-order valence-corrected chi connectivity index (χ4v) is 1.44. The molecule has 0 saturated heterocycles. The Morgan fingerprint density at radius 2 is 1.56 bits per heavy atom. The van der Waals surface area contributed by atoms with Crippen molar-refractivity contribution < 1.29 is 0 Å². The minimum Gasteiger partial charge on any atom is -0.151 e. The third kappa shape index (κ3) is 2.91. The van der Waals surface area contributed by atoms with Gasteiger partial charge in [-0.15, -0.1) is 0 Å². The van der Waals surface area contributed by atoms with Gasteiger partial charge in [-0.3, -0.25) is 0 Å². The highest BCUT2D eigenvalue weighted by Crippen LogP contribution is 2.20. The van der Waals surface area contributed by atoms with Gasteiger partial charge in [-0.1, -0.05) is 23.7 Å². The molecule has 0 aliphatic rings. The van der Waals surface area contributed by atoms with Crippen LogP contribution in [-0.2, 0) is 0 Å². The number of rotatable bonds is 2. The molecule has 0 spiro atoms. The van der Waals surface area contributed by atoms with E-state index in [4.69, 9.17) is 11.6 Å². The van der Waals surface area contributed by atoms with Gasteiger partial charge in [0.1, 0.15) is 0 Å². The second kappa shape index (κ2) is 4.90. The molecule has 16 heavy (non-hydrogen) atoms. The summed E-state index contributed by atoms with van der Waals surface area (Å²) < 4.78 is 0. The first-order valence-corrected chi connectivity index (χ1v) is 5.36. The highest BCUT2D eigenvalue weighted by Gasteiger charge is 1.91. The maximum Gasteiger partial charge on any atom is 0.0859 e. The van der Waals surface area contributed by atoms with Crippen molar-refractivity contribution in [3.05, 3.63) is 59.1 Å². The molecule has 3 heteroatoms. The van der Waals surface area contributed by atoms with Gasteiger partial charge in [-0.2, -0.15) is 10.2 Å². The van der Waals surface area contributed by atoms with E-state index in [1.54, 1.807) is 12.1 Å². The van der Waals surface area contributed by atoms with Crippen molar-refractivity contribution in [2.45, 2.75) is 6.92 Å². The standard InChI is InChI=1S/C13H11ClN2/c1-10-3-2-4-13(9-10)16-15-12-7-5-11(14)6-8-12/h2-9H,1H3. The predicted octanol–water partition coefficient (Wildman–Crippen LogP) is 5.06. The Labute approximate surface area is 99.6 Å². The quantitative estimate of drug-likeness (QED) is 0.644. The van der Waals surface area contributed by atoms with Crippen molar-refractivity contribution >= 4 is 23.0 Å². The van der Waals surface area contributed by atoms with Crippen LogP contribution in [0, 0.1) is 6.92 Å². The zero-order chi connectivity index (χ0) is 11.4. The second-order valence-corrected chi connectivity index (χ2v) is 3.95. The van der Waals surface area contributed by atoms with Crippen LogP contribution in [0.3, 0.4) is 0 Å². The fraction of sp³-hybridized carbons (Fsp3) is 0.0769. The summed E-state index contributed by atoms with van der Waals surface area (Å²) >= 11 is 5.78. The van der Waals surface area contributed by atoms with Crippen molar-refractivity contribution in [1.82, 2.24) is 0 Å². The van der Waals surface area contributed by atoms with E-state index in [1.807, 2.05) is 43.3 Å². The van der Waals surface area contributed by atoms with Crippen LogP contribution >= 0.6 is 11.6 Å². The van der Waals surface area contributed by atoms with E-state index >= 15 is 0 Å². The van der Waals surface area contributed by atoms with Crippen molar-refractivity contribution in [2.75, 3.05) is 0 Å². The largest absolute Gasteiger partial charge is 0.151 e. The summed E-state index contributed by atoms with van der Waals surface area (Å²) in [5.74, 6) is 0. The molecule has 80 valence electrons. The average Bonchev–Trinajstić information content (AvgIpc) is 2.28. The molecule has 2 rings (SSSR count). The molecule has 0 unspecified atom stereocenters. The summed E-state index contributed by atoms with van der Waals surface area (Å²) in [6, 6.07) is 15.2. The van der Waals surface area contributed by atoms with Gasteiger partial charge in [-0.25, -0.2) is 0 Å². The molecule has 0 aliphatic carbocycles.